The number of aromatic nitrogens is 2. The van der Waals surface area contributed by atoms with E-state index in [1.165, 1.54) is 11.0 Å². The quantitative estimate of drug-likeness (QED) is 0.631. The maximum Gasteiger partial charge on any atom is 0.294 e. The smallest absolute Gasteiger partial charge is 0.294 e. The minimum atomic E-state index is -0.499. The van der Waals surface area contributed by atoms with Gasteiger partial charge in [-0.15, -0.1) is 0 Å². The van der Waals surface area contributed by atoms with Crippen LogP contribution in [0.1, 0.15) is 16.2 Å². The molecule has 0 atom stereocenters. The number of hydrogen-bond donors (Lipinski definition) is 0. The number of carbonyl (C=O) groups is 1. The minimum Gasteiger partial charge on any atom is -0.345 e. The van der Waals surface area contributed by atoms with Gasteiger partial charge in [0, 0.05) is 38.1 Å². The second-order valence-electron chi connectivity index (χ2n) is 4.50. The van der Waals surface area contributed by atoms with Crippen LogP contribution in [-0.4, -0.2) is 39.4 Å². The molecular weight excluding hydrogens is 260 g/mol. The molecule has 104 valence electrons. The molecule has 0 aliphatic heterocycles. The summed E-state index contributed by atoms with van der Waals surface area (Å²) >= 11 is 0. The van der Waals surface area contributed by atoms with Crippen molar-refractivity contribution in [2.75, 3.05) is 14.1 Å². The van der Waals surface area contributed by atoms with Gasteiger partial charge in [-0.05, 0) is 19.1 Å². The molecule has 2 rings (SSSR count). The van der Waals surface area contributed by atoms with Crippen molar-refractivity contribution in [3.8, 4) is 5.69 Å². The third kappa shape index (κ3) is 2.37. The molecule has 0 saturated heterocycles. The third-order valence-corrected chi connectivity index (χ3v) is 2.91. The molecule has 20 heavy (non-hydrogen) atoms. The molecule has 0 radical (unpaired) electrons. The summed E-state index contributed by atoms with van der Waals surface area (Å²) in [5, 5.41) is 11.2. The number of hydrogen-bond acceptors (Lipinski definition) is 4. The maximum atomic E-state index is 11.9. The van der Waals surface area contributed by atoms with Gasteiger partial charge in [0.1, 0.15) is 11.5 Å². The average Bonchev–Trinajstić information content (AvgIpc) is 2.83. The summed E-state index contributed by atoms with van der Waals surface area (Å²) in [6, 6.07) is 4.42. The van der Waals surface area contributed by atoms with Crippen molar-refractivity contribution in [3.63, 3.8) is 0 Å². The Bertz CT molecular complexity index is 676. The molecule has 1 heterocycles. The lowest BCUT2D eigenvalue weighted by Crippen LogP contribution is -2.21. The van der Waals surface area contributed by atoms with Gasteiger partial charge in [-0.3, -0.25) is 19.5 Å². The van der Waals surface area contributed by atoms with E-state index < -0.39 is 4.92 Å². The van der Waals surface area contributed by atoms with E-state index in [4.69, 9.17) is 0 Å². The lowest BCUT2D eigenvalue weighted by atomic mass is 10.1. The second kappa shape index (κ2) is 5.12. The zero-order valence-electron chi connectivity index (χ0n) is 11.4. The van der Waals surface area contributed by atoms with E-state index in [-0.39, 0.29) is 17.2 Å². The summed E-state index contributed by atoms with van der Waals surface area (Å²) in [4.78, 5) is 28.0. The third-order valence-electron chi connectivity index (χ3n) is 2.91. The van der Waals surface area contributed by atoms with Crippen LogP contribution in [0.3, 0.4) is 0 Å². The molecule has 0 aliphatic rings. The predicted octanol–water partition coefficient (Wildman–Crippen LogP) is 1.79. The number of rotatable bonds is 3. The van der Waals surface area contributed by atoms with Gasteiger partial charge in [-0.2, -0.15) is 0 Å². The number of nitrogens with zero attached hydrogens (tertiary/aromatic N) is 4. The fourth-order valence-corrected chi connectivity index (χ4v) is 1.90. The first-order chi connectivity index (χ1) is 9.41. The number of benzene rings is 1. The summed E-state index contributed by atoms with van der Waals surface area (Å²) < 4.78 is 1.61. The first-order valence-electron chi connectivity index (χ1n) is 5.92. The van der Waals surface area contributed by atoms with Crippen molar-refractivity contribution in [1.82, 2.24) is 14.5 Å². The van der Waals surface area contributed by atoms with Gasteiger partial charge < -0.3 is 4.90 Å². The lowest BCUT2D eigenvalue weighted by molar-refractivity contribution is -0.384. The molecule has 1 aromatic heterocycles. The SMILES string of the molecule is Cc1nccn1-c1ccc(C(=O)N(C)C)cc1[N+](=O)[O-]. The average molecular weight is 274 g/mol. The monoisotopic (exact) mass is 274 g/mol. The molecule has 0 aliphatic carbocycles. The first-order valence-corrected chi connectivity index (χ1v) is 5.92. The molecule has 7 heteroatoms. The molecule has 1 aromatic carbocycles. The number of carbonyl (C=O) groups excluding carboxylic acids is 1. The van der Waals surface area contributed by atoms with Crippen LogP contribution >= 0.6 is 0 Å². The number of amides is 1. The highest BCUT2D eigenvalue weighted by Crippen LogP contribution is 2.25. The Labute approximate surface area is 115 Å². The van der Waals surface area contributed by atoms with Crippen molar-refractivity contribution in [1.29, 1.82) is 0 Å². The molecule has 0 spiro atoms. The maximum absolute atomic E-state index is 11.9. The Hall–Kier alpha value is -2.70. The van der Waals surface area contributed by atoms with Crippen molar-refractivity contribution >= 4 is 11.6 Å². The van der Waals surface area contributed by atoms with Crippen LogP contribution in [0, 0.1) is 17.0 Å². The van der Waals surface area contributed by atoms with E-state index in [2.05, 4.69) is 4.98 Å². The molecule has 0 unspecified atom stereocenters. The van der Waals surface area contributed by atoms with Crippen LogP contribution < -0.4 is 0 Å². The van der Waals surface area contributed by atoms with Gasteiger partial charge >= 0.3 is 0 Å². The molecule has 2 aromatic rings. The summed E-state index contributed by atoms with van der Waals surface area (Å²) in [7, 11) is 3.20. The Morgan fingerprint density at radius 1 is 1.40 bits per heavy atom. The van der Waals surface area contributed by atoms with Gasteiger partial charge in [0.25, 0.3) is 11.6 Å². The molecular formula is C13H14N4O3. The lowest BCUT2D eigenvalue weighted by Gasteiger charge is -2.11. The van der Waals surface area contributed by atoms with Crippen LogP contribution in [0.15, 0.2) is 30.6 Å². The number of nitro groups is 1. The summed E-state index contributed by atoms with van der Waals surface area (Å²) in [6.45, 7) is 1.75. The van der Waals surface area contributed by atoms with E-state index >= 15 is 0 Å². The highest BCUT2D eigenvalue weighted by molar-refractivity contribution is 5.95. The van der Waals surface area contributed by atoms with Crippen LogP contribution in [0.4, 0.5) is 5.69 Å². The number of aryl methyl sites for hydroxylation is 1. The summed E-state index contributed by atoms with van der Waals surface area (Å²) in [5.74, 6) is 0.363. The van der Waals surface area contributed by atoms with E-state index in [0.717, 1.165) is 0 Å². The highest BCUT2D eigenvalue weighted by Gasteiger charge is 2.20. The molecule has 0 fully saturated rings. The molecule has 7 nitrogen and oxygen atoms in total. The predicted molar refractivity (Wildman–Crippen MR) is 73.0 cm³/mol. The van der Waals surface area contributed by atoms with Crippen molar-refractivity contribution in [3.05, 3.63) is 52.1 Å². The van der Waals surface area contributed by atoms with Crippen LogP contribution in [-0.2, 0) is 0 Å². The fraction of sp³-hybridized carbons (Fsp3) is 0.231. The summed E-state index contributed by atoms with van der Waals surface area (Å²) in [6.07, 6.45) is 3.21. The Morgan fingerprint density at radius 2 is 2.10 bits per heavy atom. The normalized spacial score (nSPS) is 10.3. The van der Waals surface area contributed by atoms with Gasteiger partial charge in [-0.25, -0.2) is 4.98 Å². The second-order valence-corrected chi connectivity index (χ2v) is 4.50. The van der Waals surface area contributed by atoms with Gasteiger partial charge in [0.15, 0.2) is 0 Å². The van der Waals surface area contributed by atoms with Gasteiger partial charge in [-0.1, -0.05) is 0 Å². The molecule has 0 N–H and O–H groups in total. The first kappa shape index (κ1) is 13.7. The van der Waals surface area contributed by atoms with Gasteiger partial charge in [0.2, 0.25) is 0 Å². The summed E-state index contributed by atoms with van der Waals surface area (Å²) in [5.41, 5.74) is 0.544. The van der Waals surface area contributed by atoms with E-state index in [1.54, 1.807) is 50.1 Å². The Balaban J connectivity index is 2.58. The Kier molecular flexibility index (Phi) is 3.51. The van der Waals surface area contributed by atoms with E-state index in [1.807, 2.05) is 0 Å². The minimum absolute atomic E-state index is 0.126. The Morgan fingerprint density at radius 3 is 2.60 bits per heavy atom. The highest BCUT2D eigenvalue weighted by atomic mass is 16.6. The van der Waals surface area contributed by atoms with Gasteiger partial charge in [0.05, 0.1) is 4.92 Å². The topological polar surface area (TPSA) is 81.3 Å². The largest absolute Gasteiger partial charge is 0.345 e. The van der Waals surface area contributed by atoms with Crippen LogP contribution in [0.25, 0.3) is 5.69 Å². The number of nitro benzene ring substituents is 1. The van der Waals surface area contributed by atoms with Crippen molar-refractivity contribution < 1.29 is 9.72 Å². The molecule has 0 saturated carbocycles. The molecule has 1 amide bonds. The fourth-order valence-electron chi connectivity index (χ4n) is 1.90. The number of imidazole rings is 1. The van der Waals surface area contributed by atoms with Crippen molar-refractivity contribution in [2.45, 2.75) is 6.92 Å². The van der Waals surface area contributed by atoms with Crippen LogP contribution in [0.5, 0.6) is 0 Å². The van der Waals surface area contributed by atoms with E-state index in [9.17, 15) is 14.9 Å². The zero-order chi connectivity index (χ0) is 14.9. The zero-order valence-corrected chi connectivity index (χ0v) is 11.4. The van der Waals surface area contributed by atoms with Crippen molar-refractivity contribution in [2.24, 2.45) is 0 Å². The standard InChI is InChI=1S/C13H14N4O3/c1-9-14-6-7-16(9)11-5-4-10(13(18)15(2)3)8-12(11)17(19)20/h4-8H,1-3H3. The molecule has 0 bridgehead atoms. The van der Waals surface area contributed by atoms with E-state index in [0.29, 0.717) is 11.5 Å². The van der Waals surface area contributed by atoms with Crippen LogP contribution in [0.2, 0.25) is 0 Å².